The lowest BCUT2D eigenvalue weighted by atomic mass is 10.2. The van der Waals surface area contributed by atoms with Crippen LogP contribution in [0, 0.1) is 6.92 Å². The highest BCUT2D eigenvalue weighted by Crippen LogP contribution is 2.24. The van der Waals surface area contributed by atoms with E-state index < -0.39 is 0 Å². The summed E-state index contributed by atoms with van der Waals surface area (Å²) in [6.45, 7) is 5.21. The van der Waals surface area contributed by atoms with Crippen LogP contribution in [0.1, 0.15) is 5.56 Å². The van der Waals surface area contributed by atoms with Gasteiger partial charge in [-0.3, -0.25) is 0 Å². The second kappa shape index (κ2) is 6.28. The van der Waals surface area contributed by atoms with E-state index in [9.17, 15) is 0 Å². The van der Waals surface area contributed by atoms with Gasteiger partial charge in [0.15, 0.2) is 0 Å². The number of hydrogen-bond acceptors (Lipinski definition) is 5. The lowest BCUT2D eigenvalue weighted by Gasteiger charge is -2.27. The number of anilines is 3. The molecule has 1 aliphatic rings. The fraction of sp³-hybridized carbons (Fsp3) is 0.333. The number of aromatic nitrogens is 2. The third-order valence-electron chi connectivity index (χ3n) is 3.45. The van der Waals surface area contributed by atoms with Crippen molar-refractivity contribution in [2.75, 3.05) is 36.5 Å². The number of halogens is 1. The van der Waals surface area contributed by atoms with Gasteiger partial charge in [-0.05, 0) is 24.6 Å². The van der Waals surface area contributed by atoms with E-state index in [0.717, 1.165) is 49.2 Å². The number of aryl methyl sites for hydroxylation is 1. The number of nitrogens with one attached hydrogen (secondary N) is 1. The molecule has 0 unspecified atom stereocenters. The Kier molecular flexibility index (Phi) is 4.22. The van der Waals surface area contributed by atoms with E-state index in [-0.39, 0.29) is 0 Å². The molecule has 0 radical (unpaired) electrons. The summed E-state index contributed by atoms with van der Waals surface area (Å²) in [4.78, 5) is 10.8. The first-order valence-corrected chi connectivity index (χ1v) is 7.28. The zero-order valence-electron chi connectivity index (χ0n) is 11.8. The SMILES string of the molecule is Cc1ccc(Cl)cc1Nc1cc(N2CCOCC2)ncn1. The van der Waals surface area contributed by atoms with Crippen molar-refractivity contribution in [1.29, 1.82) is 0 Å². The predicted molar refractivity (Wildman–Crippen MR) is 84.5 cm³/mol. The predicted octanol–water partition coefficient (Wildman–Crippen LogP) is 3.02. The van der Waals surface area contributed by atoms with E-state index in [0.29, 0.717) is 5.02 Å². The summed E-state index contributed by atoms with van der Waals surface area (Å²) in [6, 6.07) is 7.70. The zero-order valence-corrected chi connectivity index (χ0v) is 12.6. The summed E-state index contributed by atoms with van der Waals surface area (Å²) in [7, 11) is 0. The van der Waals surface area contributed by atoms with Gasteiger partial charge < -0.3 is 15.0 Å². The van der Waals surface area contributed by atoms with Crippen LogP contribution in [-0.2, 0) is 4.74 Å². The van der Waals surface area contributed by atoms with Crippen molar-refractivity contribution in [3.63, 3.8) is 0 Å². The van der Waals surface area contributed by atoms with E-state index in [2.05, 4.69) is 20.2 Å². The van der Waals surface area contributed by atoms with Gasteiger partial charge in [-0.2, -0.15) is 0 Å². The summed E-state index contributed by atoms with van der Waals surface area (Å²) >= 11 is 6.04. The molecular formula is C15H17ClN4O. The first-order valence-electron chi connectivity index (χ1n) is 6.90. The van der Waals surface area contributed by atoms with Crippen LogP contribution in [-0.4, -0.2) is 36.3 Å². The second-order valence-electron chi connectivity index (χ2n) is 4.95. The Morgan fingerprint density at radius 1 is 1.19 bits per heavy atom. The lowest BCUT2D eigenvalue weighted by Crippen LogP contribution is -2.36. The summed E-state index contributed by atoms with van der Waals surface area (Å²) < 4.78 is 5.36. The molecule has 6 heteroatoms. The molecule has 1 aromatic heterocycles. The molecule has 1 saturated heterocycles. The summed E-state index contributed by atoms with van der Waals surface area (Å²) in [6.07, 6.45) is 1.58. The summed E-state index contributed by atoms with van der Waals surface area (Å²) in [5, 5.41) is 4.00. The van der Waals surface area contributed by atoms with Crippen molar-refractivity contribution in [2.24, 2.45) is 0 Å². The Hall–Kier alpha value is -1.85. The molecule has 5 nitrogen and oxygen atoms in total. The highest BCUT2D eigenvalue weighted by molar-refractivity contribution is 6.30. The molecule has 0 amide bonds. The molecule has 110 valence electrons. The number of nitrogens with zero attached hydrogens (tertiary/aromatic N) is 3. The third kappa shape index (κ3) is 3.43. The molecule has 2 aromatic rings. The van der Waals surface area contributed by atoms with Crippen LogP contribution in [0.2, 0.25) is 5.02 Å². The van der Waals surface area contributed by atoms with Crippen molar-refractivity contribution in [1.82, 2.24) is 9.97 Å². The standard InChI is InChI=1S/C15H17ClN4O/c1-11-2-3-12(16)8-13(11)19-14-9-15(18-10-17-14)20-4-6-21-7-5-20/h2-3,8-10H,4-7H2,1H3,(H,17,18,19). The Morgan fingerprint density at radius 3 is 2.81 bits per heavy atom. The average molecular weight is 305 g/mol. The minimum absolute atomic E-state index is 0.700. The molecule has 0 bridgehead atoms. The van der Waals surface area contributed by atoms with Gasteiger partial charge in [-0.25, -0.2) is 9.97 Å². The van der Waals surface area contributed by atoms with Gasteiger partial charge in [0.1, 0.15) is 18.0 Å². The molecule has 2 heterocycles. The lowest BCUT2D eigenvalue weighted by molar-refractivity contribution is 0.122. The van der Waals surface area contributed by atoms with Gasteiger partial charge >= 0.3 is 0 Å². The Balaban J connectivity index is 1.81. The molecule has 1 aromatic carbocycles. The molecular weight excluding hydrogens is 288 g/mol. The highest BCUT2D eigenvalue weighted by atomic mass is 35.5. The normalized spacial score (nSPS) is 15.0. The van der Waals surface area contributed by atoms with E-state index in [1.807, 2.05) is 31.2 Å². The van der Waals surface area contributed by atoms with Crippen molar-refractivity contribution in [3.05, 3.63) is 41.2 Å². The quantitative estimate of drug-likeness (QED) is 0.944. The molecule has 0 aliphatic carbocycles. The molecule has 1 fully saturated rings. The van der Waals surface area contributed by atoms with Gasteiger partial charge in [0, 0.05) is 29.9 Å². The first kappa shape index (κ1) is 14.1. The van der Waals surface area contributed by atoms with Crippen LogP contribution in [0.4, 0.5) is 17.3 Å². The van der Waals surface area contributed by atoms with E-state index >= 15 is 0 Å². The van der Waals surface area contributed by atoms with Crippen molar-refractivity contribution in [2.45, 2.75) is 6.92 Å². The first-order chi connectivity index (χ1) is 10.2. The molecule has 1 N–H and O–H groups in total. The maximum Gasteiger partial charge on any atom is 0.135 e. The number of hydrogen-bond donors (Lipinski definition) is 1. The summed E-state index contributed by atoms with van der Waals surface area (Å²) in [5.41, 5.74) is 2.07. The van der Waals surface area contributed by atoms with Crippen LogP contribution in [0.15, 0.2) is 30.6 Å². The molecule has 0 saturated carbocycles. The van der Waals surface area contributed by atoms with E-state index in [4.69, 9.17) is 16.3 Å². The number of morpholine rings is 1. The van der Waals surface area contributed by atoms with Gasteiger partial charge in [0.2, 0.25) is 0 Å². The van der Waals surface area contributed by atoms with Crippen LogP contribution in [0.3, 0.4) is 0 Å². The molecule has 0 atom stereocenters. The smallest absolute Gasteiger partial charge is 0.135 e. The van der Waals surface area contributed by atoms with Gasteiger partial charge in [0.25, 0.3) is 0 Å². The minimum atomic E-state index is 0.700. The fourth-order valence-electron chi connectivity index (χ4n) is 2.25. The average Bonchev–Trinajstić information content (AvgIpc) is 2.52. The van der Waals surface area contributed by atoms with Gasteiger partial charge in [-0.15, -0.1) is 0 Å². The maximum absolute atomic E-state index is 6.04. The van der Waals surface area contributed by atoms with Crippen LogP contribution in [0.25, 0.3) is 0 Å². The number of benzene rings is 1. The van der Waals surface area contributed by atoms with E-state index in [1.54, 1.807) is 6.33 Å². The Labute approximate surface area is 128 Å². The molecule has 0 spiro atoms. The van der Waals surface area contributed by atoms with Crippen molar-refractivity contribution in [3.8, 4) is 0 Å². The monoisotopic (exact) mass is 304 g/mol. The Bertz CT molecular complexity index is 629. The third-order valence-corrected chi connectivity index (χ3v) is 3.69. The number of rotatable bonds is 3. The van der Waals surface area contributed by atoms with E-state index in [1.165, 1.54) is 0 Å². The Morgan fingerprint density at radius 2 is 2.00 bits per heavy atom. The molecule has 1 aliphatic heterocycles. The van der Waals surface area contributed by atoms with Crippen LogP contribution >= 0.6 is 11.6 Å². The fourth-order valence-corrected chi connectivity index (χ4v) is 2.42. The highest BCUT2D eigenvalue weighted by Gasteiger charge is 2.13. The largest absolute Gasteiger partial charge is 0.378 e. The minimum Gasteiger partial charge on any atom is -0.378 e. The second-order valence-corrected chi connectivity index (χ2v) is 5.38. The topological polar surface area (TPSA) is 50.3 Å². The van der Waals surface area contributed by atoms with Gasteiger partial charge in [0.05, 0.1) is 13.2 Å². The summed E-state index contributed by atoms with van der Waals surface area (Å²) in [5.74, 6) is 1.67. The van der Waals surface area contributed by atoms with Crippen LogP contribution in [0.5, 0.6) is 0 Å². The molecule has 21 heavy (non-hydrogen) atoms. The number of ether oxygens (including phenoxy) is 1. The van der Waals surface area contributed by atoms with Crippen LogP contribution < -0.4 is 10.2 Å². The zero-order chi connectivity index (χ0) is 14.7. The van der Waals surface area contributed by atoms with Crippen molar-refractivity contribution >= 4 is 28.9 Å². The van der Waals surface area contributed by atoms with Gasteiger partial charge in [-0.1, -0.05) is 17.7 Å². The van der Waals surface area contributed by atoms with Crippen molar-refractivity contribution < 1.29 is 4.74 Å². The molecule has 3 rings (SSSR count). The maximum atomic E-state index is 6.04.